The molecule has 0 bridgehead atoms. The van der Waals surface area contributed by atoms with E-state index in [1.54, 1.807) is 0 Å². The van der Waals surface area contributed by atoms with Crippen molar-refractivity contribution in [2.75, 3.05) is 19.6 Å². The molecule has 1 rings (SSSR count). The SMILES string of the molecule is CCC(CC)N(CC(C)C)CC1NCCCC1C. The zero-order chi connectivity index (χ0) is 13.5. The average molecular weight is 254 g/mol. The van der Waals surface area contributed by atoms with Crippen molar-refractivity contribution in [3.05, 3.63) is 0 Å². The molecule has 0 aromatic rings. The van der Waals surface area contributed by atoms with Crippen molar-refractivity contribution in [3.8, 4) is 0 Å². The normalized spacial score (nSPS) is 25.3. The predicted molar refractivity (Wildman–Crippen MR) is 81.0 cm³/mol. The number of piperidine rings is 1. The first-order valence-corrected chi connectivity index (χ1v) is 8.05. The molecule has 2 atom stereocenters. The van der Waals surface area contributed by atoms with Crippen LogP contribution >= 0.6 is 0 Å². The van der Waals surface area contributed by atoms with Crippen LogP contribution in [-0.2, 0) is 0 Å². The van der Waals surface area contributed by atoms with Gasteiger partial charge in [0.2, 0.25) is 0 Å². The fourth-order valence-electron chi connectivity index (χ4n) is 3.26. The topological polar surface area (TPSA) is 15.3 Å². The molecule has 0 saturated carbocycles. The van der Waals surface area contributed by atoms with Crippen molar-refractivity contribution in [2.24, 2.45) is 11.8 Å². The van der Waals surface area contributed by atoms with Gasteiger partial charge < -0.3 is 5.32 Å². The lowest BCUT2D eigenvalue weighted by Crippen LogP contribution is -2.51. The van der Waals surface area contributed by atoms with E-state index >= 15 is 0 Å². The molecule has 0 aromatic carbocycles. The molecule has 1 aliphatic rings. The van der Waals surface area contributed by atoms with Gasteiger partial charge in [0.15, 0.2) is 0 Å². The van der Waals surface area contributed by atoms with Crippen LogP contribution in [0.1, 0.15) is 60.3 Å². The highest BCUT2D eigenvalue weighted by Gasteiger charge is 2.25. The van der Waals surface area contributed by atoms with Crippen LogP contribution < -0.4 is 5.32 Å². The summed E-state index contributed by atoms with van der Waals surface area (Å²) in [5.74, 6) is 1.60. The van der Waals surface area contributed by atoms with Crippen LogP contribution in [0.15, 0.2) is 0 Å². The number of rotatable bonds is 7. The first-order valence-electron chi connectivity index (χ1n) is 8.05. The van der Waals surface area contributed by atoms with Crippen LogP contribution in [0.2, 0.25) is 0 Å². The van der Waals surface area contributed by atoms with E-state index in [9.17, 15) is 0 Å². The second-order valence-corrected chi connectivity index (χ2v) is 6.50. The van der Waals surface area contributed by atoms with E-state index in [-0.39, 0.29) is 0 Å². The number of hydrogen-bond donors (Lipinski definition) is 1. The van der Waals surface area contributed by atoms with E-state index < -0.39 is 0 Å². The number of nitrogens with zero attached hydrogens (tertiary/aromatic N) is 1. The van der Waals surface area contributed by atoms with Gasteiger partial charge in [0, 0.05) is 25.2 Å². The highest BCUT2D eigenvalue weighted by Crippen LogP contribution is 2.19. The maximum absolute atomic E-state index is 3.73. The molecule has 0 aliphatic carbocycles. The van der Waals surface area contributed by atoms with Crippen molar-refractivity contribution in [3.63, 3.8) is 0 Å². The van der Waals surface area contributed by atoms with Gasteiger partial charge in [0.25, 0.3) is 0 Å². The fourth-order valence-corrected chi connectivity index (χ4v) is 3.26. The third-order valence-corrected chi connectivity index (χ3v) is 4.42. The summed E-state index contributed by atoms with van der Waals surface area (Å²) in [4.78, 5) is 2.74. The molecule has 0 aromatic heterocycles. The van der Waals surface area contributed by atoms with E-state index in [0.29, 0.717) is 6.04 Å². The van der Waals surface area contributed by atoms with Gasteiger partial charge in [-0.2, -0.15) is 0 Å². The van der Waals surface area contributed by atoms with Gasteiger partial charge in [0.05, 0.1) is 0 Å². The maximum atomic E-state index is 3.73. The summed E-state index contributed by atoms with van der Waals surface area (Å²) < 4.78 is 0. The van der Waals surface area contributed by atoms with Gasteiger partial charge in [0.1, 0.15) is 0 Å². The predicted octanol–water partition coefficient (Wildman–Crippen LogP) is 3.52. The van der Waals surface area contributed by atoms with Crippen LogP contribution in [0, 0.1) is 11.8 Å². The Morgan fingerprint density at radius 3 is 2.39 bits per heavy atom. The highest BCUT2D eigenvalue weighted by atomic mass is 15.2. The lowest BCUT2D eigenvalue weighted by Gasteiger charge is -2.39. The van der Waals surface area contributed by atoms with Gasteiger partial charge in [-0.05, 0) is 44.1 Å². The molecule has 0 radical (unpaired) electrons. The second-order valence-electron chi connectivity index (χ2n) is 6.50. The average Bonchev–Trinajstić information content (AvgIpc) is 2.32. The second kappa shape index (κ2) is 8.16. The third kappa shape index (κ3) is 4.89. The Kier molecular flexibility index (Phi) is 7.25. The molecule has 108 valence electrons. The van der Waals surface area contributed by atoms with Gasteiger partial charge >= 0.3 is 0 Å². The molecular weight excluding hydrogens is 220 g/mol. The number of nitrogens with one attached hydrogen (secondary N) is 1. The summed E-state index contributed by atoms with van der Waals surface area (Å²) in [5.41, 5.74) is 0. The van der Waals surface area contributed by atoms with Crippen molar-refractivity contribution in [1.82, 2.24) is 10.2 Å². The van der Waals surface area contributed by atoms with Crippen molar-refractivity contribution in [1.29, 1.82) is 0 Å². The molecule has 1 heterocycles. The van der Waals surface area contributed by atoms with E-state index in [0.717, 1.165) is 17.9 Å². The molecule has 2 unspecified atom stereocenters. The van der Waals surface area contributed by atoms with Gasteiger partial charge in [-0.25, -0.2) is 0 Å². The quantitative estimate of drug-likeness (QED) is 0.748. The maximum Gasteiger partial charge on any atom is 0.0220 e. The smallest absolute Gasteiger partial charge is 0.0220 e. The van der Waals surface area contributed by atoms with E-state index in [2.05, 4.69) is 44.8 Å². The standard InChI is InChI=1S/C16H34N2/c1-6-15(7-2)18(11-13(3)4)12-16-14(5)9-8-10-17-16/h13-17H,6-12H2,1-5H3. The molecule has 1 fully saturated rings. The summed E-state index contributed by atoms with van der Waals surface area (Å²) in [6.07, 6.45) is 5.32. The fraction of sp³-hybridized carbons (Fsp3) is 1.00. The Morgan fingerprint density at radius 2 is 1.89 bits per heavy atom. The minimum atomic E-state index is 0.707. The lowest BCUT2D eigenvalue weighted by molar-refractivity contribution is 0.125. The Balaban J connectivity index is 2.58. The van der Waals surface area contributed by atoms with Gasteiger partial charge in [-0.1, -0.05) is 34.6 Å². The van der Waals surface area contributed by atoms with E-state index in [1.165, 1.54) is 45.3 Å². The molecule has 18 heavy (non-hydrogen) atoms. The van der Waals surface area contributed by atoms with Gasteiger partial charge in [-0.15, -0.1) is 0 Å². The Morgan fingerprint density at radius 1 is 1.22 bits per heavy atom. The van der Waals surface area contributed by atoms with E-state index in [4.69, 9.17) is 0 Å². The lowest BCUT2D eigenvalue weighted by atomic mass is 9.91. The molecule has 2 heteroatoms. The third-order valence-electron chi connectivity index (χ3n) is 4.42. The summed E-state index contributed by atoms with van der Waals surface area (Å²) >= 11 is 0. The molecule has 0 spiro atoms. The Labute approximate surface area is 115 Å². The minimum Gasteiger partial charge on any atom is -0.312 e. The number of hydrogen-bond acceptors (Lipinski definition) is 2. The molecule has 0 amide bonds. The van der Waals surface area contributed by atoms with Gasteiger partial charge in [-0.3, -0.25) is 4.90 Å². The molecule has 1 saturated heterocycles. The summed E-state index contributed by atoms with van der Waals surface area (Å²) in [7, 11) is 0. The van der Waals surface area contributed by atoms with Crippen LogP contribution in [-0.4, -0.2) is 36.6 Å². The van der Waals surface area contributed by atoms with Crippen LogP contribution in [0.4, 0.5) is 0 Å². The van der Waals surface area contributed by atoms with E-state index in [1.807, 2.05) is 0 Å². The van der Waals surface area contributed by atoms with Crippen molar-refractivity contribution in [2.45, 2.75) is 72.4 Å². The van der Waals surface area contributed by atoms with Crippen molar-refractivity contribution >= 4 is 0 Å². The summed E-state index contributed by atoms with van der Waals surface area (Å²) in [6, 6.07) is 1.47. The largest absolute Gasteiger partial charge is 0.312 e. The molecule has 1 N–H and O–H groups in total. The van der Waals surface area contributed by atoms with Crippen LogP contribution in [0.3, 0.4) is 0 Å². The van der Waals surface area contributed by atoms with Crippen LogP contribution in [0.5, 0.6) is 0 Å². The monoisotopic (exact) mass is 254 g/mol. The molecular formula is C16H34N2. The molecule has 1 aliphatic heterocycles. The zero-order valence-corrected chi connectivity index (χ0v) is 13.2. The zero-order valence-electron chi connectivity index (χ0n) is 13.2. The van der Waals surface area contributed by atoms with Crippen LogP contribution in [0.25, 0.3) is 0 Å². The highest BCUT2D eigenvalue weighted by molar-refractivity contribution is 4.83. The minimum absolute atomic E-state index is 0.707. The Bertz CT molecular complexity index is 211. The first kappa shape index (κ1) is 16.0. The first-order chi connectivity index (χ1) is 8.58. The summed E-state index contributed by atoms with van der Waals surface area (Å²) in [5, 5.41) is 3.73. The summed E-state index contributed by atoms with van der Waals surface area (Å²) in [6.45, 7) is 15.5. The van der Waals surface area contributed by atoms with Crippen molar-refractivity contribution < 1.29 is 0 Å². The molecule has 2 nitrogen and oxygen atoms in total. The Hall–Kier alpha value is -0.0800.